The number of hydrogen-bond donors (Lipinski definition) is 1. The van der Waals surface area contributed by atoms with Gasteiger partial charge in [-0.1, -0.05) is 12.1 Å². The summed E-state index contributed by atoms with van der Waals surface area (Å²) < 4.78 is 10.9. The topological polar surface area (TPSA) is 71.1 Å². The molecule has 1 aromatic rings. The molecule has 3 aliphatic heterocycles. The molecule has 7 nitrogen and oxygen atoms in total. The van der Waals surface area contributed by atoms with Crippen LogP contribution in [0.5, 0.6) is 5.75 Å². The van der Waals surface area contributed by atoms with Gasteiger partial charge in [-0.3, -0.25) is 4.79 Å². The zero-order valence-electron chi connectivity index (χ0n) is 17.2. The molecule has 3 aliphatic rings. The third-order valence-electron chi connectivity index (χ3n) is 6.74. The smallest absolute Gasteiger partial charge is 0.321 e. The van der Waals surface area contributed by atoms with Gasteiger partial charge in [0.25, 0.3) is 0 Å². The molecule has 3 amide bonds. The highest BCUT2D eigenvalue weighted by Gasteiger charge is 2.52. The fraction of sp³-hybridized carbons (Fsp3) is 0.636. The summed E-state index contributed by atoms with van der Waals surface area (Å²) in [6.07, 6.45) is 5.01. The van der Waals surface area contributed by atoms with E-state index in [0.29, 0.717) is 37.7 Å². The highest BCUT2D eigenvalue weighted by molar-refractivity contribution is 5.92. The number of carbonyl (C=O) groups excluding carboxylic acids is 2. The quantitative estimate of drug-likeness (QED) is 0.845. The van der Waals surface area contributed by atoms with E-state index >= 15 is 0 Å². The van der Waals surface area contributed by atoms with Crippen LogP contribution in [0.4, 0.5) is 10.5 Å². The van der Waals surface area contributed by atoms with Crippen LogP contribution in [0.3, 0.4) is 0 Å². The first-order valence-corrected chi connectivity index (χ1v) is 10.7. The van der Waals surface area contributed by atoms with Crippen LogP contribution in [0.1, 0.15) is 32.1 Å². The van der Waals surface area contributed by atoms with E-state index in [-0.39, 0.29) is 23.3 Å². The average molecular weight is 402 g/mol. The van der Waals surface area contributed by atoms with Gasteiger partial charge in [0, 0.05) is 44.8 Å². The van der Waals surface area contributed by atoms with E-state index in [2.05, 4.69) is 5.32 Å². The van der Waals surface area contributed by atoms with Crippen molar-refractivity contribution in [3.05, 3.63) is 24.3 Å². The van der Waals surface area contributed by atoms with Crippen LogP contribution in [-0.2, 0) is 9.53 Å². The first-order valence-electron chi connectivity index (χ1n) is 10.7. The fourth-order valence-corrected chi connectivity index (χ4v) is 5.02. The summed E-state index contributed by atoms with van der Waals surface area (Å²) in [6.45, 7) is 4.07. The molecule has 158 valence electrons. The van der Waals surface area contributed by atoms with Gasteiger partial charge >= 0.3 is 6.03 Å². The van der Waals surface area contributed by atoms with E-state index in [1.165, 1.54) is 6.42 Å². The zero-order valence-corrected chi connectivity index (χ0v) is 17.2. The van der Waals surface area contributed by atoms with E-state index < -0.39 is 0 Å². The Morgan fingerprint density at radius 1 is 1.10 bits per heavy atom. The minimum absolute atomic E-state index is 0.145. The monoisotopic (exact) mass is 401 g/mol. The second kappa shape index (κ2) is 8.61. The lowest BCUT2D eigenvalue weighted by Gasteiger charge is -2.39. The lowest BCUT2D eigenvalue weighted by atomic mass is 9.71. The predicted molar refractivity (Wildman–Crippen MR) is 110 cm³/mol. The largest absolute Gasteiger partial charge is 0.495 e. The van der Waals surface area contributed by atoms with Gasteiger partial charge in [-0.15, -0.1) is 0 Å². The van der Waals surface area contributed by atoms with Gasteiger partial charge in [0.2, 0.25) is 5.91 Å². The minimum Gasteiger partial charge on any atom is -0.495 e. The molecule has 0 saturated carbocycles. The Hall–Kier alpha value is -2.28. The van der Waals surface area contributed by atoms with Gasteiger partial charge < -0.3 is 24.6 Å². The molecule has 1 N–H and O–H groups in total. The highest BCUT2D eigenvalue weighted by Crippen LogP contribution is 2.45. The fourth-order valence-electron chi connectivity index (χ4n) is 5.02. The summed E-state index contributed by atoms with van der Waals surface area (Å²) in [5, 5.41) is 2.97. The molecular weight excluding hydrogens is 370 g/mol. The van der Waals surface area contributed by atoms with Crippen molar-refractivity contribution >= 4 is 17.6 Å². The van der Waals surface area contributed by atoms with Crippen molar-refractivity contribution in [1.82, 2.24) is 9.80 Å². The van der Waals surface area contributed by atoms with E-state index in [1.54, 1.807) is 7.11 Å². The second-order valence-electron chi connectivity index (χ2n) is 8.42. The Balaban J connectivity index is 1.51. The van der Waals surface area contributed by atoms with Crippen LogP contribution in [-0.4, -0.2) is 68.2 Å². The lowest BCUT2D eigenvalue weighted by molar-refractivity contribution is -0.141. The Morgan fingerprint density at radius 3 is 2.55 bits per heavy atom. The first kappa shape index (κ1) is 20.0. The lowest BCUT2D eigenvalue weighted by Crippen LogP contribution is -2.47. The number of anilines is 1. The molecule has 3 heterocycles. The first-order chi connectivity index (χ1) is 14.1. The summed E-state index contributed by atoms with van der Waals surface area (Å²) in [6, 6.07) is 7.21. The van der Waals surface area contributed by atoms with E-state index in [0.717, 1.165) is 38.8 Å². The summed E-state index contributed by atoms with van der Waals surface area (Å²) in [5.41, 5.74) is 0.470. The van der Waals surface area contributed by atoms with E-state index in [1.807, 2.05) is 34.1 Å². The molecule has 1 spiro atoms. The number of likely N-dealkylation sites (tertiary alicyclic amines) is 2. The number of amides is 3. The van der Waals surface area contributed by atoms with Crippen LogP contribution in [0.2, 0.25) is 0 Å². The normalized spacial score (nSPS) is 23.8. The maximum atomic E-state index is 13.4. The SMILES string of the molecule is COc1ccccc1NC(=O)N1CC(C(=O)N2CCCCC2)C2(CCOCC2)C1. The maximum absolute atomic E-state index is 13.4. The van der Waals surface area contributed by atoms with Gasteiger partial charge in [0.1, 0.15) is 5.75 Å². The van der Waals surface area contributed by atoms with Crippen molar-refractivity contribution in [2.75, 3.05) is 51.8 Å². The summed E-state index contributed by atoms with van der Waals surface area (Å²) >= 11 is 0. The van der Waals surface area contributed by atoms with Crippen molar-refractivity contribution in [1.29, 1.82) is 0 Å². The number of carbonyl (C=O) groups is 2. The number of para-hydroxylation sites is 2. The third-order valence-corrected chi connectivity index (χ3v) is 6.74. The summed E-state index contributed by atoms with van der Waals surface area (Å²) in [7, 11) is 1.59. The molecule has 0 radical (unpaired) electrons. The Labute approximate surface area is 172 Å². The third kappa shape index (κ3) is 4.06. The molecule has 1 atom stereocenters. The zero-order chi connectivity index (χ0) is 20.3. The number of nitrogens with zero attached hydrogens (tertiary/aromatic N) is 2. The molecule has 7 heteroatoms. The molecule has 4 rings (SSSR count). The van der Waals surface area contributed by atoms with E-state index in [9.17, 15) is 9.59 Å². The second-order valence-corrected chi connectivity index (χ2v) is 8.42. The molecule has 1 unspecified atom stereocenters. The van der Waals surface area contributed by atoms with Gasteiger partial charge in [0.15, 0.2) is 0 Å². The minimum atomic E-state index is -0.176. The molecular formula is C22H31N3O4. The van der Waals surface area contributed by atoms with E-state index in [4.69, 9.17) is 9.47 Å². The van der Waals surface area contributed by atoms with Crippen LogP contribution < -0.4 is 10.1 Å². The molecule has 29 heavy (non-hydrogen) atoms. The van der Waals surface area contributed by atoms with Crippen molar-refractivity contribution in [3.63, 3.8) is 0 Å². The van der Waals surface area contributed by atoms with Gasteiger partial charge in [0.05, 0.1) is 18.7 Å². The molecule has 3 fully saturated rings. The number of methoxy groups -OCH3 is 1. The molecule has 0 aromatic heterocycles. The predicted octanol–water partition coefficient (Wildman–Crippen LogP) is 2.97. The maximum Gasteiger partial charge on any atom is 0.321 e. The van der Waals surface area contributed by atoms with Gasteiger partial charge in [-0.2, -0.15) is 0 Å². The number of hydrogen-bond acceptors (Lipinski definition) is 4. The van der Waals surface area contributed by atoms with Crippen LogP contribution in [0.25, 0.3) is 0 Å². The summed E-state index contributed by atoms with van der Waals surface area (Å²) in [4.78, 5) is 30.3. The molecule has 0 aliphatic carbocycles. The standard InChI is InChI=1S/C22H31N3O4/c1-28-19-8-4-3-7-18(19)23-21(27)25-15-17(20(26)24-11-5-2-6-12-24)22(16-25)9-13-29-14-10-22/h3-4,7-8,17H,2,5-6,9-16H2,1H3,(H,23,27). The van der Waals surface area contributed by atoms with Crippen LogP contribution in [0.15, 0.2) is 24.3 Å². The number of benzene rings is 1. The number of piperidine rings is 1. The van der Waals surface area contributed by atoms with Crippen molar-refractivity contribution < 1.29 is 19.1 Å². The number of nitrogens with one attached hydrogen (secondary N) is 1. The van der Waals surface area contributed by atoms with Gasteiger partial charge in [-0.05, 0) is 44.2 Å². The molecule has 3 saturated heterocycles. The Kier molecular flexibility index (Phi) is 5.94. The Bertz CT molecular complexity index is 741. The van der Waals surface area contributed by atoms with Crippen LogP contribution in [0, 0.1) is 11.3 Å². The molecule has 1 aromatic carbocycles. The van der Waals surface area contributed by atoms with Crippen molar-refractivity contribution in [2.45, 2.75) is 32.1 Å². The van der Waals surface area contributed by atoms with Crippen molar-refractivity contribution in [2.24, 2.45) is 11.3 Å². The average Bonchev–Trinajstić information content (AvgIpc) is 3.13. The summed E-state index contributed by atoms with van der Waals surface area (Å²) in [5.74, 6) is 0.703. The number of ether oxygens (including phenoxy) is 2. The number of urea groups is 1. The highest BCUT2D eigenvalue weighted by atomic mass is 16.5. The van der Waals surface area contributed by atoms with Gasteiger partial charge in [-0.25, -0.2) is 4.79 Å². The Morgan fingerprint density at radius 2 is 1.83 bits per heavy atom. The van der Waals surface area contributed by atoms with Crippen molar-refractivity contribution in [3.8, 4) is 5.75 Å². The number of rotatable bonds is 3. The van der Waals surface area contributed by atoms with Crippen LogP contribution >= 0.6 is 0 Å². The molecule has 0 bridgehead atoms.